The Morgan fingerprint density at radius 2 is 2.14 bits per heavy atom. The van der Waals surface area contributed by atoms with Gasteiger partial charge in [-0.2, -0.15) is 0 Å². The molecule has 1 aromatic rings. The third kappa shape index (κ3) is 3.97. The Kier molecular flexibility index (Phi) is 5.20. The van der Waals surface area contributed by atoms with Crippen molar-refractivity contribution >= 4 is 17.2 Å². The van der Waals surface area contributed by atoms with Crippen molar-refractivity contribution in [3.8, 4) is 0 Å². The Hall–Kier alpha value is -2.04. The third-order valence-electron chi connectivity index (χ3n) is 3.70. The molecule has 0 bridgehead atoms. The van der Waals surface area contributed by atoms with Crippen LogP contribution < -0.4 is 0 Å². The summed E-state index contributed by atoms with van der Waals surface area (Å²) in [5, 5.41) is 6.97. The molecule has 0 saturated carbocycles. The summed E-state index contributed by atoms with van der Waals surface area (Å²) in [7, 11) is 0. The zero-order chi connectivity index (χ0) is 15.2. The number of benzene rings is 1. The summed E-state index contributed by atoms with van der Waals surface area (Å²) in [5.74, 6) is 0.294. The summed E-state index contributed by atoms with van der Waals surface area (Å²) < 4.78 is 0. The lowest BCUT2D eigenvalue weighted by atomic mass is 9.93. The summed E-state index contributed by atoms with van der Waals surface area (Å²) >= 11 is 0. The van der Waals surface area contributed by atoms with Crippen molar-refractivity contribution in [2.24, 2.45) is 16.3 Å². The topological polar surface area (TPSA) is 68.1 Å². The standard InChI is InChI=1S/C16H20N2O3/c1-3-4-16(19)11(2)9-14-10-15(18-21-14)12-5-7-13(17-20)8-6-12/h5-8,11,14H,3-4,9-10H2,1-2H3. The summed E-state index contributed by atoms with van der Waals surface area (Å²) in [5.41, 5.74) is 2.18. The molecule has 0 aromatic heterocycles. The lowest BCUT2D eigenvalue weighted by Crippen LogP contribution is -2.19. The van der Waals surface area contributed by atoms with Crippen LogP contribution in [0, 0.1) is 10.8 Å². The maximum atomic E-state index is 11.8. The maximum absolute atomic E-state index is 11.8. The van der Waals surface area contributed by atoms with Gasteiger partial charge in [0.05, 0.1) is 5.71 Å². The second-order valence-electron chi connectivity index (χ2n) is 5.46. The molecule has 1 aliphatic rings. The molecule has 5 heteroatoms. The molecule has 0 aliphatic carbocycles. The van der Waals surface area contributed by atoms with Crippen molar-refractivity contribution < 1.29 is 9.63 Å². The number of carbonyl (C=O) groups is 1. The first-order valence-electron chi connectivity index (χ1n) is 7.33. The fourth-order valence-corrected chi connectivity index (χ4v) is 2.46. The van der Waals surface area contributed by atoms with E-state index in [4.69, 9.17) is 4.84 Å². The van der Waals surface area contributed by atoms with Crippen LogP contribution in [0.25, 0.3) is 0 Å². The van der Waals surface area contributed by atoms with E-state index in [0.717, 1.165) is 17.7 Å². The molecule has 112 valence electrons. The minimum absolute atomic E-state index is 0.00568. The molecule has 2 unspecified atom stereocenters. The lowest BCUT2D eigenvalue weighted by Gasteiger charge is -2.13. The molecule has 2 rings (SSSR count). The van der Waals surface area contributed by atoms with Gasteiger partial charge < -0.3 is 4.84 Å². The first-order chi connectivity index (χ1) is 10.1. The number of hydrogen-bond acceptors (Lipinski definition) is 5. The molecule has 5 nitrogen and oxygen atoms in total. The van der Waals surface area contributed by atoms with Gasteiger partial charge in [0.2, 0.25) is 0 Å². The highest BCUT2D eigenvalue weighted by Crippen LogP contribution is 2.24. The highest BCUT2D eigenvalue weighted by Gasteiger charge is 2.26. The zero-order valence-corrected chi connectivity index (χ0v) is 12.4. The van der Waals surface area contributed by atoms with Crippen molar-refractivity contribution in [1.29, 1.82) is 0 Å². The maximum Gasteiger partial charge on any atom is 0.135 e. The Labute approximate surface area is 124 Å². The van der Waals surface area contributed by atoms with Gasteiger partial charge in [0.25, 0.3) is 0 Å². The summed E-state index contributed by atoms with van der Waals surface area (Å²) in [6, 6.07) is 6.94. The first kappa shape index (κ1) is 15.4. The first-order valence-corrected chi connectivity index (χ1v) is 7.33. The molecule has 0 amide bonds. The van der Waals surface area contributed by atoms with E-state index in [1.54, 1.807) is 12.1 Å². The number of carbonyl (C=O) groups excluding carboxylic acids is 1. The third-order valence-corrected chi connectivity index (χ3v) is 3.70. The fourth-order valence-electron chi connectivity index (χ4n) is 2.46. The van der Waals surface area contributed by atoms with Crippen LogP contribution in [-0.4, -0.2) is 17.6 Å². The van der Waals surface area contributed by atoms with Gasteiger partial charge in [-0.05, 0) is 35.7 Å². The van der Waals surface area contributed by atoms with Gasteiger partial charge in [-0.3, -0.25) is 4.79 Å². The molecule has 2 atom stereocenters. The molecular weight excluding hydrogens is 268 g/mol. The van der Waals surface area contributed by atoms with Crippen LogP contribution >= 0.6 is 0 Å². The van der Waals surface area contributed by atoms with E-state index in [9.17, 15) is 9.70 Å². The number of oxime groups is 1. The number of nitroso groups, excluding NO2 is 1. The number of nitrogens with zero attached hydrogens (tertiary/aromatic N) is 2. The average molecular weight is 288 g/mol. The Balaban J connectivity index is 1.90. The second-order valence-corrected chi connectivity index (χ2v) is 5.46. The van der Waals surface area contributed by atoms with Crippen molar-refractivity contribution in [3.05, 3.63) is 34.7 Å². The van der Waals surface area contributed by atoms with Crippen molar-refractivity contribution in [2.75, 3.05) is 0 Å². The molecule has 0 fully saturated rings. The van der Waals surface area contributed by atoms with E-state index in [1.165, 1.54) is 0 Å². The molecule has 0 radical (unpaired) electrons. The minimum Gasteiger partial charge on any atom is -0.392 e. The molecule has 1 aliphatic heterocycles. The van der Waals surface area contributed by atoms with Gasteiger partial charge in [-0.25, -0.2) is 0 Å². The number of ketones is 1. The molecule has 1 aromatic carbocycles. The van der Waals surface area contributed by atoms with E-state index in [-0.39, 0.29) is 17.8 Å². The Morgan fingerprint density at radius 3 is 2.76 bits per heavy atom. The van der Waals surface area contributed by atoms with Gasteiger partial charge in [-0.15, -0.1) is 4.91 Å². The predicted octanol–water partition coefficient (Wildman–Crippen LogP) is 3.97. The van der Waals surface area contributed by atoms with Crippen LogP contribution in [0.1, 0.15) is 45.1 Å². The van der Waals surface area contributed by atoms with Crippen molar-refractivity contribution in [2.45, 2.75) is 45.6 Å². The van der Waals surface area contributed by atoms with Crippen LogP contribution in [0.5, 0.6) is 0 Å². The smallest absolute Gasteiger partial charge is 0.135 e. The van der Waals surface area contributed by atoms with Crippen LogP contribution in [0.3, 0.4) is 0 Å². The van der Waals surface area contributed by atoms with Crippen LogP contribution in [0.4, 0.5) is 5.69 Å². The molecule has 21 heavy (non-hydrogen) atoms. The molecule has 0 N–H and O–H groups in total. The summed E-state index contributed by atoms with van der Waals surface area (Å²) in [6.45, 7) is 3.96. The van der Waals surface area contributed by atoms with E-state index in [1.807, 2.05) is 26.0 Å². The Bertz CT molecular complexity index is 537. The number of hydrogen-bond donors (Lipinski definition) is 0. The van der Waals surface area contributed by atoms with Crippen LogP contribution in [-0.2, 0) is 9.63 Å². The summed E-state index contributed by atoms with van der Waals surface area (Å²) in [4.78, 5) is 27.6. The van der Waals surface area contributed by atoms with Crippen molar-refractivity contribution in [3.63, 3.8) is 0 Å². The summed E-state index contributed by atoms with van der Waals surface area (Å²) in [6.07, 6.45) is 2.85. The van der Waals surface area contributed by atoms with Crippen molar-refractivity contribution in [1.82, 2.24) is 0 Å². The van der Waals surface area contributed by atoms with E-state index in [0.29, 0.717) is 24.9 Å². The molecule has 0 spiro atoms. The van der Waals surface area contributed by atoms with Gasteiger partial charge in [0, 0.05) is 18.8 Å². The van der Waals surface area contributed by atoms with Gasteiger partial charge in [-0.1, -0.05) is 31.1 Å². The minimum atomic E-state index is -0.0420. The van der Waals surface area contributed by atoms with E-state index < -0.39 is 0 Å². The van der Waals surface area contributed by atoms with E-state index in [2.05, 4.69) is 10.3 Å². The lowest BCUT2D eigenvalue weighted by molar-refractivity contribution is -0.123. The SMILES string of the molecule is CCCC(=O)C(C)CC1CC(c2ccc(N=O)cc2)=NO1. The van der Waals surface area contributed by atoms with Crippen LogP contribution in [0.15, 0.2) is 34.6 Å². The largest absolute Gasteiger partial charge is 0.392 e. The normalized spacial score (nSPS) is 18.8. The highest BCUT2D eigenvalue weighted by molar-refractivity contribution is 6.01. The number of rotatable bonds is 7. The van der Waals surface area contributed by atoms with E-state index >= 15 is 0 Å². The predicted molar refractivity (Wildman–Crippen MR) is 81.6 cm³/mol. The Morgan fingerprint density at radius 1 is 1.43 bits per heavy atom. The van der Waals surface area contributed by atoms with Gasteiger partial charge in [0.15, 0.2) is 0 Å². The van der Waals surface area contributed by atoms with Gasteiger partial charge >= 0.3 is 0 Å². The van der Waals surface area contributed by atoms with Crippen LogP contribution in [0.2, 0.25) is 0 Å². The average Bonchev–Trinajstić information content (AvgIpc) is 2.96. The highest BCUT2D eigenvalue weighted by atomic mass is 16.6. The molecule has 0 saturated heterocycles. The molecule has 1 heterocycles. The monoisotopic (exact) mass is 288 g/mol. The zero-order valence-electron chi connectivity index (χ0n) is 12.4. The number of Topliss-reactive ketones (excluding diaryl/α,β-unsaturated/α-hetero) is 1. The second kappa shape index (κ2) is 7.11. The van der Waals surface area contributed by atoms with Gasteiger partial charge in [0.1, 0.15) is 17.6 Å². The quantitative estimate of drug-likeness (QED) is 0.713. The molecular formula is C16H20N2O3. The fraction of sp³-hybridized carbons (Fsp3) is 0.500.